The summed E-state index contributed by atoms with van der Waals surface area (Å²) >= 11 is 6.15. The van der Waals surface area contributed by atoms with Crippen LogP contribution in [0.4, 0.5) is 11.4 Å². The van der Waals surface area contributed by atoms with Crippen molar-refractivity contribution in [3.05, 3.63) is 47.0 Å². The maximum Gasteiger partial charge on any atom is 0.226 e. The first-order chi connectivity index (χ1) is 14.0. The molecule has 3 N–H and O–H groups in total. The van der Waals surface area contributed by atoms with Gasteiger partial charge in [0.2, 0.25) is 5.91 Å². The van der Waals surface area contributed by atoms with Gasteiger partial charge >= 0.3 is 0 Å². The van der Waals surface area contributed by atoms with Gasteiger partial charge in [0.1, 0.15) is 0 Å². The van der Waals surface area contributed by atoms with Crippen LogP contribution in [0.2, 0.25) is 5.02 Å². The number of aliphatic imine (C=N–C) groups is 1. The molecule has 30 heavy (non-hydrogen) atoms. The molecule has 0 aliphatic heterocycles. The molecule has 0 aliphatic rings. The Bertz CT molecular complexity index is 877. The van der Waals surface area contributed by atoms with E-state index in [4.69, 9.17) is 21.1 Å². The molecule has 0 unspecified atom stereocenters. The Morgan fingerprint density at radius 3 is 2.53 bits per heavy atom. The number of carbonyl (C=O) groups is 1. The average Bonchev–Trinajstić information content (AvgIpc) is 2.70. The molecule has 7 nitrogen and oxygen atoms in total. The van der Waals surface area contributed by atoms with Gasteiger partial charge in [-0.25, -0.2) is 0 Å². The van der Waals surface area contributed by atoms with Gasteiger partial charge in [0.05, 0.1) is 24.4 Å². The Hall–Kier alpha value is -2.20. The second-order valence-electron chi connectivity index (χ2n) is 6.20. The van der Waals surface area contributed by atoms with Gasteiger partial charge in [-0.1, -0.05) is 17.7 Å². The van der Waals surface area contributed by atoms with Gasteiger partial charge < -0.3 is 25.4 Å². The zero-order chi connectivity index (χ0) is 21.2. The first-order valence-electron chi connectivity index (χ1n) is 9.31. The molecule has 0 saturated heterocycles. The monoisotopic (exact) mass is 546 g/mol. The van der Waals surface area contributed by atoms with Crippen LogP contribution in [0.15, 0.2) is 41.4 Å². The zero-order valence-corrected chi connectivity index (χ0v) is 20.6. The van der Waals surface area contributed by atoms with Crippen LogP contribution in [0.1, 0.15) is 18.9 Å². The molecular weight excluding hydrogens is 519 g/mol. The molecule has 0 aliphatic carbocycles. The molecule has 2 aromatic carbocycles. The van der Waals surface area contributed by atoms with Gasteiger partial charge in [-0.05, 0) is 43.7 Å². The lowest BCUT2D eigenvalue weighted by Crippen LogP contribution is -2.33. The molecule has 0 atom stereocenters. The summed E-state index contributed by atoms with van der Waals surface area (Å²) in [7, 11) is 3.26. The van der Waals surface area contributed by atoms with E-state index < -0.39 is 0 Å². The summed E-state index contributed by atoms with van der Waals surface area (Å²) in [5.41, 5.74) is 2.43. The van der Waals surface area contributed by atoms with Gasteiger partial charge in [0, 0.05) is 31.8 Å². The third-order valence-corrected chi connectivity index (χ3v) is 4.31. The number of hydrogen-bond donors (Lipinski definition) is 3. The standard InChI is InChI=1S/C21H27ClN4O3.HI/c1-5-29-19-13-15(7-9-18(19)28-4)25-21(23-3)24-11-10-20(27)26-17-8-6-14(2)12-16(17)22;/h6-9,12-13H,5,10-11H2,1-4H3,(H,26,27)(H2,23,24,25);1H. The smallest absolute Gasteiger partial charge is 0.226 e. The van der Waals surface area contributed by atoms with Crippen LogP contribution >= 0.6 is 35.6 Å². The highest BCUT2D eigenvalue weighted by Crippen LogP contribution is 2.30. The highest BCUT2D eigenvalue weighted by Gasteiger charge is 2.09. The van der Waals surface area contributed by atoms with Crippen LogP contribution in [-0.2, 0) is 4.79 Å². The van der Waals surface area contributed by atoms with Gasteiger partial charge in [-0.2, -0.15) is 0 Å². The van der Waals surface area contributed by atoms with Crippen LogP contribution < -0.4 is 25.4 Å². The number of guanidine groups is 1. The predicted octanol–water partition coefficient (Wildman–Crippen LogP) is 4.69. The largest absolute Gasteiger partial charge is 0.493 e. The summed E-state index contributed by atoms with van der Waals surface area (Å²) in [5, 5.41) is 9.61. The van der Waals surface area contributed by atoms with Crippen LogP contribution in [-0.4, -0.2) is 39.2 Å². The van der Waals surface area contributed by atoms with E-state index in [0.717, 1.165) is 11.3 Å². The van der Waals surface area contributed by atoms with Crippen molar-refractivity contribution in [2.45, 2.75) is 20.3 Å². The van der Waals surface area contributed by atoms with Crippen LogP contribution in [0.5, 0.6) is 11.5 Å². The van der Waals surface area contributed by atoms with Gasteiger partial charge in [-0.15, -0.1) is 24.0 Å². The topological polar surface area (TPSA) is 84.0 Å². The molecule has 164 valence electrons. The SMILES string of the molecule is CCOc1cc(NC(=NC)NCCC(=O)Nc2ccc(C)cc2Cl)ccc1OC.I. The van der Waals surface area contributed by atoms with Gasteiger partial charge in [0.15, 0.2) is 17.5 Å². The molecule has 0 aromatic heterocycles. The molecule has 0 radical (unpaired) electrons. The fourth-order valence-electron chi connectivity index (χ4n) is 2.57. The van der Waals surface area contributed by atoms with Crippen molar-refractivity contribution in [1.29, 1.82) is 0 Å². The maximum atomic E-state index is 12.2. The molecule has 2 rings (SSSR count). The number of nitrogens with zero attached hydrogens (tertiary/aromatic N) is 1. The van der Waals surface area contributed by atoms with Crippen molar-refractivity contribution in [2.75, 3.05) is 37.9 Å². The Kier molecular flexibility index (Phi) is 11.3. The van der Waals surface area contributed by atoms with Crippen LogP contribution in [0.25, 0.3) is 0 Å². The van der Waals surface area contributed by atoms with Crippen molar-refractivity contribution >= 4 is 58.8 Å². The highest BCUT2D eigenvalue weighted by atomic mass is 127. The molecule has 0 heterocycles. The molecule has 2 aromatic rings. The summed E-state index contributed by atoms with van der Waals surface area (Å²) in [6, 6.07) is 11.0. The number of methoxy groups -OCH3 is 1. The predicted molar refractivity (Wildman–Crippen MR) is 134 cm³/mol. The second kappa shape index (κ2) is 13.2. The van der Waals surface area contributed by atoms with E-state index in [1.165, 1.54) is 0 Å². The Morgan fingerprint density at radius 1 is 1.13 bits per heavy atom. The summed E-state index contributed by atoms with van der Waals surface area (Å²) in [6.45, 7) is 4.80. The first-order valence-corrected chi connectivity index (χ1v) is 9.69. The lowest BCUT2D eigenvalue weighted by atomic mass is 10.2. The van der Waals surface area contributed by atoms with Crippen molar-refractivity contribution in [1.82, 2.24) is 5.32 Å². The van der Waals surface area contributed by atoms with E-state index in [-0.39, 0.29) is 36.3 Å². The molecule has 0 bridgehead atoms. The van der Waals surface area contributed by atoms with E-state index in [9.17, 15) is 4.79 Å². The molecular formula is C21H28ClIN4O3. The molecule has 0 spiro atoms. The normalized spacial score (nSPS) is 10.6. The van der Waals surface area contributed by atoms with E-state index >= 15 is 0 Å². The molecule has 1 amide bonds. The summed E-state index contributed by atoms with van der Waals surface area (Å²) in [6.07, 6.45) is 0.262. The van der Waals surface area contributed by atoms with Gasteiger partial charge in [0.25, 0.3) is 0 Å². The number of halogens is 2. The van der Waals surface area contributed by atoms with Crippen molar-refractivity contribution < 1.29 is 14.3 Å². The van der Waals surface area contributed by atoms with Crippen molar-refractivity contribution in [3.8, 4) is 11.5 Å². The van der Waals surface area contributed by atoms with Gasteiger partial charge in [-0.3, -0.25) is 9.79 Å². The fraction of sp³-hybridized carbons (Fsp3) is 0.333. The Morgan fingerprint density at radius 2 is 1.90 bits per heavy atom. The minimum atomic E-state index is -0.137. The first kappa shape index (κ1) is 25.8. The van der Waals surface area contributed by atoms with E-state index in [0.29, 0.717) is 41.3 Å². The van der Waals surface area contributed by atoms with Crippen molar-refractivity contribution in [3.63, 3.8) is 0 Å². The Balaban J connectivity index is 0.00000450. The number of ether oxygens (including phenoxy) is 2. The minimum Gasteiger partial charge on any atom is -0.493 e. The summed E-state index contributed by atoms with van der Waals surface area (Å²) in [5.74, 6) is 1.71. The highest BCUT2D eigenvalue weighted by molar-refractivity contribution is 14.0. The summed E-state index contributed by atoms with van der Waals surface area (Å²) < 4.78 is 10.9. The number of hydrogen-bond acceptors (Lipinski definition) is 4. The number of carbonyl (C=O) groups excluding carboxylic acids is 1. The number of nitrogens with one attached hydrogen (secondary N) is 3. The Labute approximate surface area is 199 Å². The summed E-state index contributed by atoms with van der Waals surface area (Å²) in [4.78, 5) is 16.3. The van der Waals surface area contributed by atoms with E-state index in [2.05, 4.69) is 20.9 Å². The number of benzene rings is 2. The molecule has 9 heteroatoms. The fourth-order valence-corrected chi connectivity index (χ4v) is 2.85. The van der Waals surface area contributed by atoms with Crippen LogP contribution in [0, 0.1) is 6.92 Å². The minimum absolute atomic E-state index is 0. The third-order valence-electron chi connectivity index (χ3n) is 3.99. The van der Waals surface area contributed by atoms with Crippen LogP contribution in [0.3, 0.4) is 0 Å². The maximum absolute atomic E-state index is 12.2. The van der Waals surface area contributed by atoms with E-state index in [1.54, 1.807) is 20.2 Å². The zero-order valence-electron chi connectivity index (χ0n) is 17.5. The van der Waals surface area contributed by atoms with Crippen molar-refractivity contribution in [2.24, 2.45) is 4.99 Å². The number of aryl methyl sites for hydroxylation is 1. The third kappa shape index (κ3) is 7.91. The molecule has 0 fully saturated rings. The average molecular weight is 547 g/mol. The lowest BCUT2D eigenvalue weighted by Gasteiger charge is -2.15. The number of rotatable bonds is 8. The number of amides is 1. The van der Waals surface area contributed by atoms with E-state index in [1.807, 2.05) is 44.2 Å². The molecule has 0 saturated carbocycles. The lowest BCUT2D eigenvalue weighted by molar-refractivity contribution is -0.116. The quantitative estimate of drug-likeness (QED) is 0.254. The number of anilines is 2. The second-order valence-corrected chi connectivity index (χ2v) is 6.61.